The van der Waals surface area contributed by atoms with Crippen LogP contribution < -0.4 is 5.32 Å². The smallest absolute Gasteiger partial charge is 0.311 e. The van der Waals surface area contributed by atoms with Crippen LogP contribution in [0.3, 0.4) is 0 Å². The zero-order valence-corrected chi connectivity index (χ0v) is 22.4. The molecule has 1 N–H and O–H groups in total. The molecule has 0 radical (unpaired) electrons. The molecule has 2 heterocycles. The van der Waals surface area contributed by atoms with E-state index in [-0.39, 0.29) is 39.8 Å². The van der Waals surface area contributed by atoms with Crippen LogP contribution in [0.25, 0.3) is 0 Å². The second-order valence-corrected chi connectivity index (χ2v) is 11.1. The standard InChI is InChI=1S/C25H18ClF2N3O3S3/c1-2-34-21(32)13-18-23(26)37-25(29-18)31-24(33)22-19(35-16-7-3-14(27)4-8-16)11-12-20(30-22)36-17-9-5-15(28)6-10-17/h3-12H,2,13H2,1H3,(H,29,31,33). The van der Waals surface area contributed by atoms with Crippen molar-refractivity contribution in [1.82, 2.24) is 9.97 Å². The van der Waals surface area contributed by atoms with E-state index < -0.39 is 11.9 Å². The molecule has 0 saturated heterocycles. The maximum absolute atomic E-state index is 13.4. The van der Waals surface area contributed by atoms with Crippen molar-refractivity contribution in [3.05, 3.63) is 88.0 Å². The summed E-state index contributed by atoms with van der Waals surface area (Å²) in [6, 6.07) is 15.3. The van der Waals surface area contributed by atoms with Crippen LogP contribution in [0.4, 0.5) is 13.9 Å². The summed E-state index contributed by atoms with van der Waals surface area (Å²) in [7, 11) is 0. The molecule has 4 rings (SSSR count). The number of nitrogens with one attached hydrogen (secondary N) is 1. The number of aromatic nitrogens is 2. The van der Waals surface area contributed by atoms with Gasteiger partial charge in [0.05, 0.1) is 18.7 Å². The lowest BCUT2D eigenvalue weighted by Crippen LogP contribution is -2.15. The molecule has 190 valence electrons. The number of carbonyl (C=O) groups excluding carboxylic acids is 2. The number of thiazole rings is 1. The number of hydrogen-bond acceptors (Lipinski definition) is 8. The molecule has 0 bridgehead atoms. The first-order valence-corrected chi connectivity index (χ1v) is 13.6. The highest BCUT2D eigenvalue weighted by Gasteiger charge is 2.20. The maximum atomic E-state index is 13.4. The largest absolute Gasteiger partial charge is 0.466 e. The molecule has 0 spiro atoms. The van der Waals surface area contributed by atoms with Crippen LogP contribution >= 0.6 is 46.5 Å². The topological polar surface area (TPSA) is 81.2 Å². The zero-order valence-electron chi connectivity index (χ0n) is 19.2. The SMILES string of the molecule is CCOC(=O)Cc1nc(NC(=O)c2nc(Sc3ccc(F)cc3)ccc2Sc2ccc(F)cc2)sc1Cl. The van der Waals surface area contributed by atoms with Crippen LogP contribution in [-0.2, 0) is 16.0 Å². The third-order valence-electron chi connectivity index (χ3n) is 4.61. The van der Waals surface area contributed by atoms with Gasteiger partial charge in [-0.25, -0.2) is 18.7 Å². The van der Waals surface area contributed by atoms with Crippen LogP contribution in [0.15, 0.2) is 80.4 Å². The molecule has 12 heteroatoms. The monoisotopic (exact) mass is 577 g/mol. The Morgan fingerprint density at radius 1 is 0.946 bits per heavy atom. The number of anilines is 1. The average Bonchev–Trinajstić information content (AvgIpc) is 3.21. The number of esters is 1. The van der Waals surface area contributed by atoms with Gasteiger partial charge < -0.3 is 4.74 Å². The van der Waals surface area contributed by atoms with E-state index in [9.17, 15) is 18.4 Å². The summed E-state index contributed by atoms with van der Waals surface area (Å²) < 4.78 is 31.8. The summed E-state index contributed by atoms with van der Waals surface area (Å²) in [6.45, 7) is 1.93. The van der Waals surface area contributed by atoms with Gasteiger partial charge in [-0.2, -0.15) is 0 Å². The Balaban J connectivity index is 1.60. The van der Waals surface area contributed by atoms with E-state index >= 15 is 0 Å². The molecule has 0 aliphatic rings. The highest BCUT2D eigenvalue weighted by Crippen LogP contribution is 2.35. The van der Waals surface area contributed by atoms with Gasteiger partial charge in [0.2, 0.25) is 0 Å². The summed E-state index contributed by atoms with van der Waals surface area (Å²) in [5, 5.41) is 3.41. The molecule has 1 amide bonds. The van der Waals surface area contributed by atoms with E-state index in [1.807, 2.05) is 0 Å². The first-order chi connectivity index (χ1) is 17.8. The lowest BCUT2D eigenvalue weighted by atomic mass is 10.3. The summed E-state index contributed by atoms with van der Waals surface area (Å²) in [5.41, 5.74) is 0.412. The summed E-state index contributed by atoms with van der Waals surface area (Å²) in [5.74, 6) is -1.74. The second kappa shape index (κ2) is 12.5. The lowest BCUT2D eigenvalue weighted by molar-refractivity contribution is -0.142. The Morgan fingerprint density at radius 2 is 1.57 bits per heavy atom. The van der Waals surface area contributed by atoms with Crippen LogP contribution in [0.1, 0.15) is 23.1 Å². The Kier molecular flexibility index (Phi) is 9.14. The van der Waals surface area contributed by atoms with Crippen molar-refractivity contribution in [1.29, 1.82) is 0 Å². The van der Waals surface area contributed by atoms with Crippen molar-refractivity contribution < 1.29 is 23.1 Å². The fourth-order valence-electron chi connectivity index (χ4n) is 2.98. The molecule has 0 saturated carbocycles. The van der Waals surface area contributed by atoms with Gasteiger partial charge in [-0.15, -0.1) is 0 Å². The molecular weight excluding hydrogens is 560 g/mol. The molecule has 4 aromatic rings. The summed E-state index contributed by atoms with van der Waals surface area (Å²) in [6.07, 6.45) is -0.118. The Labute approximate surface area is 228 Å². The molecule has 2 aromatic heterocycles. The van der Waals surface area contributed by atoms with Crippen molar-refractivity contribution in [2.24, 2.45) is 0 Å². The number of rotatable bonds is 9. The first-order valence-electron chi connectivity index (χ1n) is 10.8. The van der Waals surface area contributed by atoms with E-state index in [1.165, 1.54) is 47.8 Å². The molecular formula is C25H18ClF2N3O3S3. The number of carbonyl (C=O) groups is 2. The molecule has 2 aromatic carbocycles. The normalized spacial score (nSPS) is 10.8. The van der Waals surface area contributed by atoms with E-state index in [0.717, 1.165) is 16.2 Å². The predicted octanol–water partition coefficient (Wildman–Crippen LogP) is 7.13. The highest BCUT2D eigenvalue weighted by molar-refractivity contribution is 7.99. The third kappa shape index (κ3) is 7.51. The van der Waals surface area contributed by atoms with Crippen LogP contribution in [0, 0.1) is 11.6 Å². The van der Waals surface area contributed by atoms with Gasteiger partial charge >= 0.3 is 5.97 Å². The van der Waals surface area contributed by atoms with Crippen LogP contribution in [0.5, 0.6) is 0 Å². The van der Waals surface area contributed by atoms with E-state index in [2.05, 4.69) is 15.3 Å². The predicted molar refractivity (Wildman–Crippen MR) is 141 cm³/mol. The number of ether oxygens (including phenoxy) is 1. The van der Waals surface area contributed by atoms with Gasteiger partial charge in [-0.3, -0.25) is 14.9 Å². The van der Waals surface area contributed by atoms with Crippen molar-refractivity contribution in [3.63, 3.8) is 0 Å². The van der Waals surface area contributed by atoms with Gasteiger partial charge in [-0.05, 0) is 67.6 Å². The number of halogens is 3. The third-order valence-corrected chi connectivity index (χ3v) is 7.87. The molecule has 6 nitrogen and oxygen atoms in total. The minimum atomic E-state index is -0.542. The van der Waals surface area contributed by atoms with Crippen molar-refractivity contribution >= 4 is 63.5 Å². The maximum Gasteiger partial charge on any atom is 0.311 e. The Bertz CT molecular complexity index is 1420. The number of pyridine rings is 1. The summed E-state index contributed by atoms with van der Waals surface area (Å²) >= 11 is 9.74. The molecule has 37 heavy (non-hydrogen) atoms. The van der Waals surface area contributed by atoms with E-state index in [0.29, 0.717) is 20.5 Å². The van der Waals surface area contributed by atoms with Gasteiger partial charge in [0.15, 0.2) is 5.13 Å². The number of nitrogens with zero attached hydrogens (tertiary/aromatic N) is 2. The molecule has 0 unspecified atom stereocenters. The summed E-state index contributed by atoms with van der Waals surface area (Å²) in [4.78, 5) is 35.9. The van der Waals surface area contributed by atoms with Crippen molar-refractivity contribution in [2.75, 3.05) is 11.9 Å². The van der Waals surface area contributed by atoms with Crippen LogP contribution in [0.2, 0.25) is 4.34 Å². The first kappa shape index (κ1) is 27.1. The van der Waals surface area contributed by atoms with Gasteiger partial charge in [0.25, 0.3) is 5.91 Å². The fourth-order valence-corrected chi connectivity index (χ4v) is 5.70. The zero-order chi connectivity index (χ0) is 26.4. The number of amides is 1. The van der Waals surface area contributed by atoms with Crippen LogP contribution in [-0.4, -0.2) is 28.5 Å². The highest BCUT2D eigenvalue weighted by atomic mass is 35.5. The number of benzene rings is 2. The van der Waals surface area contributed by atoms with Crippen molar-refractivity contribution in [2.45, 2.75) is 33.1 Å². The number of hydrogen-bond donors (Lipinski definition) is 1. The lowest BCUT2D eigenvalue weighted by Gasteiger charge is -2.10. The Morgan fingerprint density at radius 3 is 2.19 bits per heavy atom. The van der Waals surface area contributed by atoms with Gasteiger partial charge in [0, 0.05) is 14.7 Å². The van der Waals surface area contributed by atoms with Gasteiger partial charge in [0.1, 0.15) is 26.7 Å². The minimum Gasteiger partial charge on any atom is -0.466 e. The molecule has 0 aliphatic heterocycles. The molecule has 0 atom stereocenters. The minimum absolute atomic E-state index is 0.111. The second-order valence-electron chi connectivity index (χ2n) is 7.28. The van der Waals surface area contributed by atoms with Crippen molar-refractivity contribution in [3.8, 4) is 0 Å². The Hall–Kier alpha value is -2.99. The fraction of sp³-hybridized carbons (Fsp3) is 0.120. The van der Waals surface area contributed by atoms with E-state index in [1.54, 1.807) is 43.3 Å². The van der Waals surface area contributed by atoms with E-state index in [4.69, 9.17) is 16.3 Å². The quantitative estimate of drug-likeness (QED) is 0.212. The molecule has 0 fully saturated rings. The molecule has 0 aliphatic carbocycles. The van der Waals surface area contributed by atoms with Gasteiger partial charge in [-0.1, -0.05) is 46.5 Å². The average molecular weight is 578 g/mol.